The Balaban J connectivity index is 1.80. The zero-order valence-corrected chi connectivity index (χ0v) is 16.3. The zero-order valence-electron chi connectivity index (χ0n) is 15.5. The lowest BCUT2D eigenvalue weighted by molar-refractivity contribution is 0.139. The van der Waals surface area contributed by atoms with Gasteiger partial charge in [-0.25, -0.2) is 4.79 Å². The Bertz CT molecular complexity index is 861. The van der Waals surface area contributed by atoms with Crippen LogP contribution in [0.25, 0.3) is 0 Å². The minimum absolute atomic E-state index is 0.105. The van der Waals surface area contributed by atoms with Crippen LogP contribution in [0.2, 0.25) is 0 Å². The molecule has 0 spiro atoms. The Morgan fingerprint density at radius 2 is 2.07 bits per heavy atom. The van der Waals surface area contributed by atoms with Gasteiger partial charge in [0.05, 0.1) is 18.5 Å². The summed E-state index contributed by atoms with van der Waals surface area (Å²) in [5.74, 6) is 0.0239. The van der Waals surface area contributed by atoms with Gasteiger partial charge in [0.25, 0.3) is 10.1 Å². The molecule has 9 heteroatoms. The van der Waals surface area contributed by atoms with Gasteiger partial charge in [-0.1, -0.05) is 38.1 Å². The van der Waals surface area contributed by atoms with E-state index in [2.05, 4.69) is 24.3 Å². The molecule has 0 bridgehead atoms. The standard InChI is InChI=1S/C18H25N3O5S/c1-14(2)17-10-20-21(12-17)11-15-5-3-6-16(9-15)13-26-18(22)19-7-4-8-27(23,24)25/h3,5-6,9-10,12,14H,4,7-8,11,13H2,1-2H3,(H,19,22)(H,23,24,25). The predicted octanol–water partition coefficient (Wildman–Crippen LogP) is 2.56. The number of rotatable bonds is 9. The van der Waals surface area contributed by atoms with Crippen LogP contribution in [0.5, 0.6) is 0 Å². The van der Waals surface area contributed by atoms with Gasteiger partial charge >= 0.3 is 6.09 Å². The highest BCUT2D eigenvalue weighted by molar-refractivity contribution is 7.85. The maximum Gasteiger partial charge on any atom is 0.407 e. The Kier molecular flexibility index (Phi) is 7.37. The van der Waals surface area contributed by atoms with Gasteiger partial charge in [-0.15, -0.1) is 0 Å². The third-order valence-electron chi connectivity index (χ3n) is 3.87. The van der Waals surface area contributed by atoms with Crippen molar-refractivity contribution in [3.8, 4) is 0 Å². The maximum absolute atomic E-state index is 11.6. The maximum atomic E-state index is 11.6. The van der Waals surface area contributed by atoms with Crippen molar-refractivity contribution in [2.24, 2.45) is 0 Å². The van der Waals surface area contributed by atoms with Crippen molar-refractivity contribution in [2.75, 3.05) is 12.3 Å². The van der Waals surface area contributed by atoms with E-state index in [4.69, 9.17) is 9.29 Å². The lowest BCUT2D eigenvalue weighted by Crippen LogP contribution is -2.26. The van der Waals surface area contributed by atoms with E-state index in [9.17, 15) is 13.2 Å². The Hall–Kier alpha value is -2.39. The van der Waals surface area contributed by atoms with Gasteiger partial charge in [-0.05, 0) is 29.0 Å². The zero-order chi connectivity index (χ0) is 19.9. The number of alkyl carbamates (subject to hydrolysis) is 1. The van der Waals surface area contributed by atoms with Gasteiger partial charge in [0.1, 0.15) is 6.61 Å². The second-order valence-corrected chi connectivity index (χ2v) is 8.16. The van der Waals surface area contributed by atoms with E-state index in [1.807, 2.05) is 41.3 Å². The Morgan fingerprint density at radius 1 is 1.33 bits per heavy atom. The largest absolute Gasteiger partial charge is 0.445 e. The summed E-state index contributed by atoms with van der Waals surface area (Å²) in [7, 11) is -4.01. The van der Waals surface area contributed by atoms with Crippen LogP contribution in [0, 0.1) is 0 Å². The quantitative estimate of drug-likeness (QED) is 0.499. The Labute approximate surface area is 159 Å². The number of nitrogens with one attached hydrogen (secondary N) is 1. The fourth-order valence-electron chi connectivity index (χ4n) is 2.41. The first-order chi connectivity index (χ1) is 12.7. The van der Waals surface area contributed by atoms with Gasteiger partial charge < -0.3 is 10.1 Å². The topological polar surface area (TPSA) is 111 Å². The predicted molar refractivity (Wildman–Crippen MR) is 101 cm³/mol. The summed E-state index contributed by atoms with van der Waals surface area (Å²) in [5, 5.41) is 6.80. The normalized spacial score (nSPS) is 11.6. The van der Waals surface area contributed by atoms with E-state index in [0.29, 0.717) is 12.5 Å². The van der Waals surface area contributed by atoms with E-state index in [1.54, 1.807) is 0 Å². The first kappa shape index (κ1) is 20.9. The molecule has 0 atom stereocenters. The summed E-state index contributed by atoms with van der Waals surface area (Å²) < 4.78 is 36.8. The first-order valence-corrected chi connectivity index (χ1v) is 10.3. The van der Waals surface area contributed by atoms with Crippen LogP contribution < -0.4 is 5.32 Å². The molecule has 1 heterocycles. The number of carbonyl (C=O) groups is 1. The van der Waals surface area contributed by atoms with Crippen LogP contribution in [0.15, 0.2) is 36.7 Å². The van der Waals surface area contributed by atoms with E-state index >= 15 is 0 Å². The number of hydrogen-bond acceptors (Lipinski definition) is 5. The molecule has 0 saturated carbocycles. The molecule has 0 aliphatic carbocycles. The number of aromatic nitrogens is 2. The van der Waals surface area contributed by atoms with Crippen LogP contribution in [-0.2, 0) is 28.0 Å². The number of ether oxygens (including phenoxy) is 1. The summed E-state index contributed by atoms with van der Waals surface area (Å²) in [6, 6.07) is 7.68. The van der Waals surface area contributed by atoms with Crippen molar-refractivity contribution in [3.05, 3.63) is 53.3 Å². The molecule has 1 aromatic heterocycles. The van der Waals surface area contributed by atoms with Crippen molar-refractivity contribution >= 4 is 16.2 Å². The highest BCUT2D eigenvalue weighted by atomic mass is 32.2. The first-order valence-electron chi connectivity index (χ1n) is 8.69. The molecule has 27 heavy (non-hydrogen) atoms. The van der Waals surface area contributed by atoms with Crippen molar-refractivity contribution in [1.29, 1.82) is 0 Å². The second-order valence-electron chi connectivity index (χ2n) is 6.59. The average Bonchev–Trinajstić information content (AvgIpc) is 3.05. The van der Waals surface area contributed by atoms with Gasteiger partial charge in [-0.2, -0.15) is 13.5 Å². The minimum atomic E-state index is -4.01. The molecule has 1 amide bonds. The fourth-order valence-corrected chi connectivity index (χ4v) is 2.92. The monoisotopic (exact) mass is 395 g/mol. The summed E-state index contributed by atoms with van der Waals surface area (Å²) >= 11 is 0. The van der Waals surface area contributed by atoms with Crippen LogP contribution in [-0.4, -0.2) is 41.1 Å². The van der Waals surface area contributed by atoms with Crippen molar-refractivity contribution < 1.29 is 22.5 Å². The number of nitrogens with zero attached hydrogens (tertiary/aromatic N) is 2. The molecule has 0 fully saturated rings. The van der Waals surface area contributed by atoms with E-state index in [1.165, 1.54) is 5.56 Å². The van der Waals surface area contributed by atoms with Gasteiger partial charge in [0.2, 0.25) is 0 Å². The van der Waals surface area contributed by atoms with Gasteiger partial charge in [0, 0.05) is 12.7 Å². The second kappa shape index (κ2) is 9.52. The highest BCUT2D eigenvalue weighted by Crippen LogP contribution is 2.14. The van der Waals surface area contributed by atoms with Crippen LogP contribution in [0.1, 0.15) is 42.9 Å². The molecule has 8 nitrogen and oxygen atoms in total. The summed E-state index contributed by atoms with van der Waals surface area (Å²) in [6.45, 7) is 5.08. The Morgan fingerprint density at radius 3 is 2.74 bits per heavy atom. The third-order valence-corrected chi connectivity index (χ3v) is 4.68. The van der Waals surface area contributed by atoms with Crippen molar-refractivity contribution in [3.63, 3.8) is 0 Å². The smallest absolute Gasteiger partial charge is 0.407 e. The number of amides is 1. The number of benzene rings is 1. The van der Waals surface area contributed by atoms with Crippen LogP contribution >= 0.6 is 0 Å². The van der Waals surface area contributed by atoms with Crippen molar-refractivity contribution in [2.45, 2.75) is 39.3 Å². The average molecular weight is 395 g/mol. The van der Waals surface area contributed by atoms with Gasteiger partial charge in [0.15, 0.2) is 0 Å². The van der Waals surface area contributed by atoms with Crippen molar-refractivity contribution in [1.82, 2.24) is 15.1 Å². The molecule has 0 radical (unpaired) electrons. The molecular formula is C18H25N3O5S. The van der Waals surface area contributed by atoms with Gasteiger partial charge in [-0.3, -0.25) is 9.23 Å². The summed E-state index contributed by atoms with van der Waals surface area (Å²) in [6.07, 6.45) is 3.37. The molecule has 0 aliphatic heterocycles. The number of carbonyl (C=O) groups excluding carboxylic acids is 1. The minimum Gasteiger partial charge on any atom is -0.445 e. The third kappa shape index (κ3) is 7.79. The molecule has 2 N–H and O–H groups in total. The fraction of sp³-hybridized carbons (Fsp3) is 0.444. The lowest BCUT2D eigenvalue weighted by Gasteiger charge is -2.08. The van der Waals surface area contributed by atoms with Crippen LogP contribution in [0.4, 0.5) is 4.79 Å². The molecule has 1 aromatic carbocycles. The summed E-state index contributed by atoms with van der Waals surface area (Å²) in [5.41, 5.74) is 3.07. The lowest BCUT2D eigenvalue weighted by atomic mass is 10.1. The van der Waals surface area contributed by atoms with Crippen LogP contribution in [0.3, 0.4) is 0 Å². The molecule has 2 rings (SSSR count). The summed E-state index contributed by atoms with van der Waals surface area (Å²) in [4.78, 5) is 11.6. The molecular weight excluding hydrogens is 370 g/mol. The van der Waals surface area contributed by atoms with E-state index < -0.39 is 22.0 Å². The molecule has 2 aromatic rings. The number of hydrogen-bond donors (Lipinski definition) is 2. The highest BCUT2D eigenvalue weighted by Gasteiger charge is 2.07. The molecule has 0 unspecified atom stereocenters. The molecule has 0 saturated heterocycles. The SMILES string of the molecule is CC(C)c1cnn(Cc2cccc(COC(=O)NCCCS(=O)(=O)O)c2)c1. The molecule has 148 valence electrons. The van der Waals surface area contributed by atoms with E-state index in [-0.39, 0.29) is 19.6 Å². The van der Waals surface area contributed by atoms with E-state index in [0.717, 1.165) is 11.1 Å². The molecule has 0 aliphatic rings.